The van der Waals surface area contributed by atoms with Crippen LogP contribution in [0.1, 0.15) is 15.9 Å². The summed E-state index contributed by atoms with van der Waals surface area (Å²) >= 11 is 0. The first-order valence-electron chi connectivity index (χ1n) is 7.69. The van der Waals surface area contributed by atoms with Crippen LogP contribution in [0.5, 0.6) is 5.75 Å². The van der Waals surface area contributed by atoms with Crippen LogP contribution < -0.4 is 10.2 Å². The first kappa shape index (κ1) is 18.2. The monoisotopic (exact) mass is 383 g/mol. The molecule has 1 N–H and O–H groups in total. The number of methoxy groups -OCH3 is 1. The van der Waals surface area contributed by atoms with E-state index >= 15 is 0 Å². The zero-order chi connectivity index (χ0) is 19.4. The van der Waals surface area contributed by atoms with Gasteiger partial charge in [-0.2, -0.15) is 13.5 Å². The summed E-state index contributed by atoms with van der Waals surface area (Å²) in [6.45, 7) is 0. The maximum Gasteiger partial charge on any atom is 0.218 e. The molecule has 10 heteroatoms. The summed E-state index contributed by atoms with van der Waals surface area (Å²) in [5.41, 5.74) is 12.2. The number of nitrogens with one attached hydrogen (secondary N) is 1. The summed E-state index contributed by atoms with van der Waals surface area (Å²) in [7, 11) is -1.24. The van der Waals surface area contributed by atoms with Crippen LogP contribution in [-0.4, -0.2) is 37.9 Å². The fourth-order valence-electron chi connectivity index (χ4n) is 2.74. The molecule has 136 valence electrons. The van der Waals surface area contributed by atoms with Gasteiger partial charge in [-0.1, -0.05) is 41.5 Å². The Bertz CT molecular complexity index is 1130. The van der Waals surface area contributed by atoms with Gasteiger partial charge in [0.05, 0.1) is 17.7 Å². The minimum atomic E-state index is -2.72. The second-order valence-electron chi connectivity index (χ2n) is 5.39. The molecule has 0 aliphatic heterocycles. The Morgan fingerprint density at radius 3 is 2.44 bits per heavy atom. The number of carbonyl (C=O) groups excluding carboxylic acids is 1. The lowest BCUT2D eigenvalue weighted by molar-refractivity contribution is 0.106. The van der Waals surface area contributed by atoms with Crippen molar-refractivity contribution in [3.8, 4) is 5.75 Å². The molecule has 0 amide bonds. The van der Waals surface area contributed by atoms with Crippen LogP contribution in [0.4, 0.5) is 5.69 Å². The van der Waals surface area contributed by atoms with E-state index in [1.165, 1.54) is 19.2 Å². The number of carbonyl (C=O) groups is 1. The maximum absolute atomic E-state index is 12.8. The molecule has 0 fully saturated rings. The molecule has 0 spiro atoms. The quantitative estimate of drug-likeness (QED) is 0.284. The van der Waals surface area contributed by atoms with Crippen molar-refractivity contribution in [1.29, 1.82) is 0 Å². The Hall–Kier alpha value is -3.62. The molecule has 0 aromatic heterocycles. The van der Waals surface area contributed by atoms with E-state index < -0.39 is 22.1 Å². The average Bonchev–Trinajstić information content (AvgIpc) is 2.68. The maximum atomic E-state index is 12.8. The van der Waals surface area contributed by atoms with Crippen molar-refractivity contribution in [2.45, 2.75) is 6.04 Å². The van der Waals surface area contributed by atoms with E-state index in [4.69, 9.17) is 10.3 Å². The second-order valence-corrected chi connectivity index (χ2v) is 6.30. The van der Waals surface area contributed by atoms with Crippen LogP contribution in [0.25, 0.3) is 10.4 Å². The summed E-state index contributed by atoms with van der Waals surface area (Å²) in [4.78, 5) is 15.3. The number of Topliss-reactive ketones (excluding diaryl/α,β-unsaturated/α-hetero) is 1. The number of fused-ring (bicyclic) bond motifs is 1. The van der Waals surface area contributed by atoms with E-state index in [1.54, 1.807) is 36.4 Å². The Kier molecular flexibility index (Phi) is 5.20. The Morgan fingerprint density at radius 1 is 1.11 bits per heavy atom. The largest absolute Gasteiger partial charge is 0.495 e. The predicted molar refractivity (Wildman–Crippen MR) is 101 cm³/mol. The van der Waals surface area contributed by atoms with Gasteiger partial charge in [0, 0.05) is 16.0 Å². The third-order valence-electron chi connectivity index (χ3n) is 3.93. The molecule has 2 aromatic carbocycles. The smallest absolute Gasteiger partial charge is 0.218 e. The van der Waals surface area contributed by atoms with E-state index in [2.05, 4.69) is 20.6 Å². The van der Waals surface area contributed by atoms with Gasteiger partial charge >= 0.3 is 0 Å². The van der Waals surface area contributed by atoms with Crippen LogP contribution in [0, 0.1) is 0 Å². The van der Waals surface area contributed by atoms with Crippen molar-refractivity contribution >= 4 is 32.3 Å². The number of benzene rings is 2. The van der Waals surface area contributed by atoms with Crippen molar-refractivity contribution < 1.29 is 17.9 Å². The highest BCUT2D eigenvalue weighted by molar-refractivity contribution is 7.73. The van der Waals surface area contributed by atoms with Gasteiger partial charge in [-0.15, -0.1) is 0 Å². The summed E-state index contributed by atoms with van der Waals surface area (Å²) in [6.07, 6.45) is 0. The lowest BCUT2D eigenvalue weighted by Gasteiger charge is -2.22. The van der Waals surface area contributed by atoms with Crippen LogP contribution >= 0.6 is 0 Å². The summed E-state index contributed by atoms with van der Waals surface area (Å²) < 4.78 is 28.8. The minimum absolute atomic E-state index is 0.168. The molecule has 1 atom stereocenters. The van der Waals surface area contributed by atoms with Crippen molar-refractivity contribution in [2.75, 3.05) is 12.5 Å². The first-order chi connectivity index (χ1) is 13.1. The number of hydrogen-bond donors (Lipinski definition) is 1. The molecule has 1 aliphatic carbocycles. The summed E-state index contributed by atoms with van der Waals surface area (Å²) in [5, 5.41) is 7.55. The van der Waals surface area contributed by atoms with Crippen molar-refractivity contribution in [3.63, 3.8) is 0 Å². The molecule has 0 saturated heterocycles. The van der Waals surface area contributed by atoms with Crippen LogP contribution in [-0.2, 0) is 10.3 Å². The zero-order valence-electron chi connectivity index (χ0n) is 14.0. The number of nitrogens with zero attached hydrogens (tertiary/aromatic N) is 4. The van der Waals surface area contributed by atoms with E-state index in [9.17, 15) is 13.2 Å². The minimum Gasteiger partial charge on any atom is -0.495 e. The predicted octanol–water partition coefficient (Wildman–Crippen LogP) is 2.44. The normalized spacial score (nSPS) is 17.1. The molecule has 1 aliphatic rings. The molecule has 27 heavy (non-hydrogen) atoms. The van der Waals surface area contributed by atoms with Gasteiger partial charge in [0.2, 0.25) is 16.1 Å². The number of ketones is 1. The fraction of sp³-hybridized carbons (Fsp3) is 0.118. The molecule has 9 nitrogen and oxygen atoms in total. The zero-order valence-corrected chi connectivity index (χ0v) is 14.8. The van der Waals surface area contributed by atoms with Crippen LogP contribution in [0.2, 0.25) is 0 Å². The Balaban J connectivity index is 2.17. The molecule has 2 aromatic rings. The molecule has 3 rings (SSSR count). The summed E-state index contributed by atoms with van der Waals surface area (Å²) in [5.74, 6) is -0.0537. The van der Waals surface area contributed by atoms with Crippen molar-refractivity contribution in [2.24, 2.45) is 10.2 Å². The number of azide groups is 1. The van der Waals surface area contributed by atoms with Gasteiger partial charge in [0.25, 0.3) is 0 Å². The molecule has 0 heterocycles. The highest BCUT2D eigenvalue weighted by Gasteiger charge is 2.37. The number of hydrazone groups is 1. The third kappa shape index (κ3) is 3.39. The van der Waals surface area contributed by atoms with E-state index in [0.29, 0.717) is 11.4 Å². The third-order valence-corrected chi connectivity index (χ3v) is 4.73. The second kappa shape index (κ2) is 7.73. The van der Waals surface area contributed by atoms with E-state index in [0.717, 1.165) is 0 Å². The summed E-state index contributed by atoms with van der Waals surface area (Å²) in [6, 6.07) is 11.7. The number of anilines is 1. The van der Waals surface area contributed by atoms with E-state index in [1.807, 2.05) is 0 Å². The topological polar surface area (TPSA) is 134 Å². The van der Waals surface area contributed by atoms with Crippen molar-refractivity contribution in [3.05, 3.63) is 70.1 Å². The first-order valence-corrected chi connectivity index (χ1v) is 8.77. The van der Waals surface area contributed by atoms with Gasteiger partial charge < -0.3 is 4.74 Å². The van der Waals surface area contributed by atoms with Crippen LogP contribution in [0.15, 0.2) is 58.7 Å². The molecular weight excluding hydrogens is 370 g/mol. The van der Waals surface area contributed by atoms with Gasteiger partial charge in [-0.25, -0.2) is 0 Å². The Labute approximate surface area is 155 Å². The molecule has 1 unspecified atom stereocenters. The lowest BCUT2D eigenvalue weighted by atomic mass is 9.86. The van der Waals surface area contributed by atoms with Crippen molar-refractivity contribution in [1.82, 2.24) is 0 Å². The van der Waals surface area contributed by atoms with Gasteiger partial charge in [-0.05, 0) is 17.7 Å². The standard InChI is InChI=1S/C17H13N5O4S/c1-26-13-9-5-4-8-12(13)19-20-14-15(21-22-18)17(27(24)25)11-7-3-2-6-10(11)16(14)23/h2-9,15,19H,1H3. The van der Waals surface area contributed by atoms with E-state index in [-0.39, 0.29) is 21.7 Å². The molecule has 0 saturated carbocycles. The number of rotatable bonds is 4. The van der Waals surface area contributed by atoms with Gasteiger partial charge in [0.15, 0.2) is 0 Å². The average molecular weight is 383 g/mol. The van der Waals surface area contributed by atoms with Gasteiger partial charge in [0.1, 0.15) is 17.5 Å². The molecular formula is C17H13N5O4S. The SMILES string of the molecule is COc1ccccc1NN=C1C(=O)c2ccccc2C(=S(=O)=O)C1N=[N+]=[N-]. The number of ether oxygens (including phenoxy) is 1. The van der Waals surface area contributed by atoms with Crippen LogP contribution in [0.3, 0.4) is 0 Å². The molecule has 0 bridgehead atoms. The number of hydrogen-bond acceptors (Lipinski definition) is 7. The van der Waals surface area contributed by atoms with Gasteiger partial charge in [-0.3, -0.25) is 10.2 Å². The highest BCUT2D eigenvalue weighted by atomic mass is 32.2. The molecule has 0 radical (unpaired) electrons. The fourth-order valence-corrected chi connectivity index (χ4v) is 3.44. The Morgan fingerprint density at radius 2 is 1.78 bits per heavy atom. The number of para-hydroxylation sites is 2. The highest BCUT2D eigenvalue weighted by Crippen LogP contribution is 2.25. The lowest BCUT2D eigenvalue weighted by Crippen LogP contribution is -2.41.